The molecule has 0 saturated carbocycles. The van der Waals surface area contributed by atoms with Gasteiger partial charge in [0, 0.05) is 23.3 Å². The summed E-state index contributed by atoms with van der Waals surface area (Å²) in [5.74, 6) is -0.656. The highest BCUT2D eigenvalue weighted by atomic mass is 16.2. The molecule has 0 spiro atoms. The fourth-order valence-corrected chi connectivity index (χ4v) is 2.72. The molecule has 0 radical (unpaired) electrons. The van der Waals surface area contributed by atoms with E-state index in [9.17, 15) is 9.59 Å². The van der Waals surface area contributed by atoms with Gasteiger partial charge < -0.3 is 16.4 Å². The van der Waals surface area contributed by atoms with Gasteiger partial charge in [-0.2, -0.15) is 0 Å². The van der Waals surface area contributed by atoms with Crippen LogP contribution in [0.4, 0.5) is 5.69 Å². The minimum Gasteiger partial charge on any atom is -0.350 e. The third kappa shape index (κ3) is 4.92. The molecule has 0 heterocycles. The molecule has 5 nitrogen and oxygen atoms in total. The molecular weight excluding hydrogens is 326 g/mol. The van der Waals surface area contributed by atoms with Crippen LogP contribution in [-0.2, 0) is 4.79 Å². The molecule has 2 amide bonds. The maximum absolute atomic E-state index is 12.5. The maximum Gasteiger partial charge on any atom is 0.251 e. The van der Waals surface area contributed by atoms with Gasteiger partial charge in [-0.1, -0.05) is 37.3 Å². The molecule has 138 valence electrons. The minimum atomic E-state index is -0.387. The summed E-state index contributed by atoms with van der Waals surface area (Å²) in [6.45, 7) is 7.49. The highest BCUT2D eigenvalue weighted by molar-refractivity contribution is 5.97. The topological polar surface area (TPSA) is 84.2 Å². The molecule has 0 aliphatic heterocycles. The van der Waals surface area contributed by atoms with Crippen LogP contribution in [0.1, 0.15) is 48.3 Å². The van der Waals surface area contributed by atoms with Crippen LogP contribution in [0.3, 0.4) is 0 Å². The molecule has 2 aromatic rings. The second kappa shape index (κ2) is 8.63. The molecule has 2 unspecified atom stereocenters. The molecule has 0 aliphatic rings. The van der Waals surface area contributed by atoms with Crippen LogP contribution >= 0.6 is 0 Å². The standard InChI is InChI=1S/C21H27N3O2/c1-13(2)23-21(26)18-11-10-17(12-14(18)3)24-20(25)15(4)19(22)16-8-6-5-7-9-16/h5-13,15,19H,22H2,1-4H3,(H,23,26)(H,24,25). The quantitative estimate of drug-likeness (QED) is 0.744. The number of hydrogen-bond acceptors (Lipinski definition) is 3. The first-order valence-corrected chi connectivity index (χ1v) is 8.82. The van der Waals surface area contributed by atoms with E-state index in [2.05, 4.69) is 10.6 Å². The fraction of sp³-hybridized carbons (Fsp3) is 0.333. The lowest BCUT2D eigenvalue weighted by atomic mass is 9.94. The molecular formula is C21H27N3O2. The van der Waals surface area contributed by atoms with Crippen LogP contribution in [0.15, 0.2) is 48.5 Å². The lowest BCUT2D eigenvalue weighted by Gasteiger charge is -2.20. The van der Waals surface area contributed by atoms with Gasteiger partial charge in [0.1, 0.15) is 0 Å². The summed E-state index contributed by atoms with van der Waals surface area (Å²) in [6.07, 6.45) is 0. The monoisotopic (exact) mass is 353 g/mol. The average molecular weight is 353 g/mol. The van der Waals surface area contributed by atoms with Crippen molar-refractivity contribution >= 4 is 17.5 Å². The molecule has 0 aromatic heterocycles. The molecule has 2 aromatic carbocycles. The summed E-state index contributed by atoms with van der Waals surface area (Å²) >= 11 is 0. The van der Waals surface area contributed by atoms with Gasteiger partial charge in [0.2, 0.25) is 5.91 Å². The fourth-order valence-electron chi connectivity index (χ4n) is 2.72. The Morgan fingerprint density at radius 1 is 1.00 bits per heavy atom. The van der Waals surface area contributed by atoms with Crippen molar-refractivity contribution in [1.82, 2.24) is 5.32 Å². The van der Waals surface area contributed by atoms with Gasteiger partial charge in [-0.15, -0.1) is 0 Å². The van der Waals surface area contributed by atoms with E-state index in [1.807, 2.05) is 58.0 Å². The third-order valence-electron chi connectivity index (χ3n) is 4.30. The van der Waals surface area contributed by atoms with Crippen LogP contribution in [0.25, 0.3) is 0 Å². The Labute approximate surface area is 155 Å². The summed E-state index contributed by atoms with van der Waals surface area (Å²) < 4.78 is 0. The van der Waals surface area contributed by atoms with Crippen molar-refractivity contribution in [3.05, 3.63) is 65.2 Å². The van der Waals surface area contributed by atoms with Crippen molar-refractivity contribution in [3.8, 4) is 0 Å². The molecule has 4 N–H and O–H groups in total. The van der Waals surface area contributed by atoms with Crippen molar-refractivity contribution in [2.24, 2.45) is 11.7 Å². The van der Waals surface area contributed by atoms with E-state index >= 15 is 0 Å². The Morgan fingerprint density at radius 3 is 2.23 bits per heavy atom. The number of anilines is 1. The number of hydrogen-bond donors (Lipinski definition) is 3. The molecule has 5 heteroatoms. The van der Waals surface area contributed by atoms with E-state index in [0.717, 1.165) is 11.1 Å². The van der Waals surface area contributed by atoms with E-state index in [-0.39, 0.29) is 29.8 Å². The highest BCUT2D eigenvalue weighted by Crippen LogP contribution is 2.22. The molecule has 0 saturated heterocycles. The first kappa shape index (κ1) is 19.7. The molecule has 2 atom stereocenters. The normalized spacial score (nSPS) is 13.2. The number of carbonyl (C=O) groups is 2. The summed E-state index contributed by atoms with van der Waals surface area (Å²) in [4.78, 5) is 24.7. The zero-order chi connectivity index (χ0) is 19.3. The Morgan fingerprint density at radius 2 is 1.65 bits per heavy atom. The number of rotatable bonds is 6. The van der Waals surface area contributed by atoms with E-state index in [1.165, 1.54) is 0 Å². The van der Waals surface area contributed by atoms with Gasteiger partial charge in [0.15, 0.2) is 0 Å². The van der Waals surface area contributed by atoms with Gasteiger partial charge in [-0.25, -0.2) is 0 Å². The van der Waals surface area contributed by atoms with Gasteiger partial charge in [-0.3, -0.25) is 9.59 Å². The van der Waals surface area contributed by atoms with Crippen LogP contribution in [0.5, 0.6) is 0 Å². The lowest BCUT2D eigenvalue weighted by molar-refractivity contribution is -0.120. The largest absolute Gasteiger partial charge is 0.350 e. The predicted molar refractivity (Wildman–Crippen MR) is 105 cm³/mol. The zero-order valence-corrected chi connectivity index (χ0v) is 15.7. The first-order chi connectivity index (χ1) is 12.3. The zero-order valence-electron chi connectivity index (χ0n) is 15.7. The SMILES string of the molecule is Cc1cc(NC(=O)C(C)C(N)c2ccccc2)ccc1C(=O)NC(C)C. The van der Waals surface area contributed by atoms with E-state index in [1.54, 1.807) is 18.2 Å². The predicted octanol–water partition coefficient (Wildman–Crippen LogP) is 3.41. The number of nitrogens with one attached hydrogen (secondary N) is 2. The van der Waals surface area contributed by atoms with Gasteiger partial charge in [0.25, 0.3) is 5.91 Å². The average Bonchev–Trinajstić information content (AvgIpc) is 2.60. The Hall–Kier alpha value is -2.66. The third-order valence-corrected chi connectivity index (χ3v) is 4.30. The van der Waals surface area contributed by atoms with Gasteiger partial charge >= 0.3 is 0 Å². The maximum atomic E-state index is 12.5. The van der Waals surface area contributed by atoms with Crippen LogP contribution in [0.2, 0.25) is 0 Å². The highest BCUT2D eigenvalue weighted by Gasteiger charge is 2.22. The second-order valence-electron chi connectivity index (χ2n) is 6.87. The Bertz CT molecular complexity index is 772. The van der Waals surface area contributed by atoms with Crippen LogP contribution < -0.4 is 16.4 Å². The first-order valence-electron chi connectivity index (χ1n) is 8.82. The summed E-state index contributed by atoms with van der Waals surface area (Å²) in [5.41, 5.74) is 9.20. The Kier molecular flexibility index (Phi) is 6.52. The minimum absolute atomic E-state index is 0.0709. The van der Waals surface area contributed by atoms with E-state index in [0.29, 0.717) is 11.3 Å². The molecule has 0 aliphatic carbocycles. The summed E-state index contributed by atoms with van der Waals surface area (Å²) in [5, 5.41) is 5.76. The van der Waals surface area contributed by atoms with Crippen molar-refractivity contribution in [3.63, 3.8) is 0 Å². The summed E-state index contributed by atoms with van der Waals surface area (Å²) in [6, 6.07) is 14.5. The van der Waals surface area contributed by atoms with Gasteiger partial charge in [-0.05, 0) is 50.1 Å². The molecule has 0 bridgehead atoms. The van der Waals surface area contributed by atoms with E-state index in [4.69, 9.17) is 5.73 Å². The molecule has 0 fully saturated rings. The molecule has 26 heavy (non-hydrogen) atoms. The number of benzene rings is 2. The smallest absolute Gasteiger partial charge is 0.251 e. The molecule has 2 rings (SSSR count). The number of aryl methyl sites for hydroxylation is 1. The van der Waals surface area contributed by atoms with E-state index < -0.39 is 0 Å². The number of nitrogens with two attached hydrogens (primary N) is 1. The number of amides is 2. The van der Waals surface area contributed by atoms with Crippen LogP contribution in [-0.4, -0.2) is 17.9 Å². The van der Waals surface area contributed by atoms with Gasteiger partial charge in [0.05, 0.1) is 5.92 Å². The van der Waals surface area contributed by atoms with Crippen molar-refractivity contribution < 1.29 is 9.59 Å². The van der Waals surface area contributed by atoms with Crippen LogP contribution in [0, 0.1) is 12.8 Å². The lowest BCUT2D eigenvalue weighted by Crippen LogP contribution is -2.31. The Balaban J connectivity index is 2.07. The van der Waals surface area contributed by atoms with Crippen molar-refractivity contribution in [2.75, 3.05) is 5.32 Å². The summed E-state index contributed by atoms with van der Waals surface area (Å²) in [7, 11) is 0. The number of carbonyl (C=O) groups excluding carboxylic acids is 2. The van der Waals surface area contributed by atoms with Crippen molar-refractivity contribution in [1.29, 1.82) is 0 Å². The second-order valence-corrected chi connectivity index (χ2v) is 6.87. The van der Waals surface area contributed by atoms with Crippen molar-refractivity contribution in [2.45, 2.75) is 39.8 Å².